The van der Waals surface area contributed by atoms with E-state index in [-0.39, 0.29) is 55.0 Å². The smallest absolute Gasteiger partial charge is 0.387 e. The van der Waals surface area contributed by atoms with E-state index >= 15 is 0 Å². The minimum atomic E-state index is -3.08. The van der Waals surface area contributed by atoms with Gasteiger partial charge in [-0.3, -0.25) is 9.59 Å². The lowest BCUT2D eigenvalue weighted by Crippen LogP contribution is -2.22. The Bertz CT molecular complexity index is 1270. The van der Waals surface area contributed by atoms with Crippen LogP contribution in [-0.4, -0.2) is 24.1 Å². The average Bonchev–Trinajstić information content (AvgIpc) is 2.77. The molecule has 4 rings (SSSR count). The minimum absolute atomic E-state index is 0.0812. The molecule has 5 nitrogen and oxygen atoms in total. The summed E-state index contributed by atoms with van der Waals surface area (Å²) in [7, 11) is 0. The first-order valence-electron chi connectivity index (χ1n) is 9.19. The molecule has 0 fully saturated rings. The molecular weight excluding hydrogens is 465 g/mol. The van der Waals surface area contributed by atoms with Gasteiger partial charge in [-0.15, -0.1) is 0 Å². The topological polar surface area (TPSA) is 69.7 Å². The van der Waals surface area contributed by atoms with Crippen LogP contribution in [0, 0.1) is 0 Å². The van der Waals surface area contributed by atoms with Crippen LogP contribution in [0.25, 0.3) is 0 Å². The number of carbonyl (C=O) groups is 3. The highest BCUT2D eigenvalue weighted by Crippen LogP contribution is 2.34. The molecule has 0 N–H and O–H groups in total. The normalized spacial score (nSPS) is 12.4. The van der Waals surface area contributed by atoms with E-state index in [1.165, 1.54) is 36.4 Å². The molecule has 0 radical (unpaired) electrons. The van der Waals surface area contributed by atoms with Crippen molar-refractivity contribution in [2.24, 2.45) is 0 Å². The highest BCUT2D eigenvalue weighted by Gasteiger charge is 2.33. The van der Waals surface area contributed by atoms with Crippen LogP contribution >= 0.6 is 23.2 Å². The summed E-state index contributed by atoms with van der Waals surface area (Å²) >= 11 is 12.2. The highest BCUT2D eigenvalue weighted by molar-refractivity contribution is 6.41. The zero-order valence-electron chi connectivity index (χ0n) is 16.0. The van der Waals surface area contributed by atoms with Crippen LogP contribution in [0.15, 0.2) is 54.6 Å². The second-order valence-electron chi connectivity index (χ2n) is 6.76. The first kappa shape index (κ1) is 21.9. The fourth-order valence-electron chi connectivity index (χ4n) is 3.40. The number of alkyl halides is 2. The van der Waals surface area contributed by atoms with Crippen LogP contribution in [0.1, 0.15) is 47.8 Å². The number of ketones is 2. The lowest BCUT2D eigenvalue weighted by molar-refractivity contribution is -0.0510. The fourth-order valence-corrected chi connectivity index (χ4v) is 3.92. The summed E-state index contributed by atoms with van der Waals surface area (Å²) in [5.41, 5.74) is 0.394. The Labute approximate surface area is 190 Å². The molecule has 32 heavy (non-hydrogen) atoms. The largest absolute Gasteiger partial charge is 0.457 e. The van der Waals surface area contributed by atoms with Gasteiger partial charge in [0.1, 0.15) is 12.4 Å². The third-order valence-electron chi connectivity index (χ3n) is 4.85. The Kier molecular flexibility index (Phi) is 5.95. The molecule has 0 bridgehead atoms. The number of benzene rings is 3. The number of esters is 1. The molecule has 0 atom stereocenters. The van der Waals surface area contributed by atoms with Crippen LogP contribution in [0.2, 0.25) is 10.0 Å². The maximum absolute atomic E-state index is 12.9. The van der Waals surface area contributed by atoms with Gasteiger partial charge in [0.15, 0.2) is 11.6 Å². The van der Waals surface area contributed by atoms with Crippen molar-refractivity contribution >= 4 is 40.7 Å². The van der Waals surface area contributed by atoms with E-state index in [2.05, 4.69) is 4.74 Å². The summed E-state index contributed by atoms with van der Waals surface area (Å²) in [6.07, 6.45) is 0. The lowest BCUT2D eigenvalue weighted by Gasteiger charge is -2.19. The van der Waals surface area contributed by atoms with Crippen LogP contribution in [-0.2, 0) is 11.3 Å². The Morgan fingerprint density at radius 2 is 1.59 bits per heavy atom. The van der Waals surface area contributed by atoms with Gasteiger partial charge in [-0.1, -0.05) is 47.5 Å². The van der Waals surface area contributed by atoms with Gasteiger partial charge in [0.05, 0.1) is 16.1 Å². The van der Waals surface area contributed by atoms with Gasteiger partial charge < -0.3 is 9.47 Å². The van der Waals surface area contributed by atoms with E-state index in [0.717, 1.165) is 0 Å². The number of halogens is 4. The van der Waals surface area contributed by atoms with Crippen molar-refractivity contribution in [3.8, 4) is 5.75 Å². The third kappa shape index (κ3) is 3.97. The van der Waals surface area contributed by atoms with E-state index in [1.54, 1.807) is 18.2 Å². The number of hydrogen-bond acceptors (Lipinski definition) is 5. The van der Waals surface area contributed by atoms with Gasteiger partial charge >= 0.3 is 12.6 Å². The molecule has 1 aliphatic rings. The maximum atomic E-state index is 12.9. The van der Waals surface area contributed by atoms with Crippen molar-refractivity contribution in [3.63, 3.8) is 0 Å². The zero-order chi connectivity index (χ0) is 23.0. The number of fused-ring (bicyclic) bond motifs is 2. The summed E-state index contributed by atoms with van der Waals surface area (Å²) in [5, 5.41) is 0.00255. The summed E-state index contributed by atoms with van der Waals surface area (Å²) in [4.78, 5) is 38.3. The van der Waals surface area contributed by atoms with Crippen molar-refractivity contribution in [1.29, 1.82) is 0 Å². The minimum Gasteiger partial charge on any atom is -0.457 e. The van der Waals surface area contributed by atoms with Gasteiger partial charge in [-0.2, -0.15) is 8.78 Å². The molecule has 3 aromatic rings. The van der Waals surface area contributed by atoms with E-state index in [4.69, 9.17) is 27.9 Å². The second kappa shape index (κ2) is 8.68. The van der Waals surface area contributed by atoms with Crippen molar-refractivity contribution < 1.29 is 32.6 Å². The van der Waals surface area contributed by atoms with E-state index in [1.807, 2.05) is 0 Å². The number of hydrogen-bond donors (Lipinski definition) is 0. The molecule has 0 amide bonds. The van der Waals surface area contributed by atoms with Gasteiger partial charge in [0.25, 0.3) is 0 Å². The lowest BCUT2D eigenvalue weighted by atomic mass is 9.83. The molecule has 3 aromatic carbocycles. The molecule has 162 valence electrons. The number of ether oxygens (including phenoxy) is 2. The van der Waals surface area contributed by atoms with Gasteiger partial charge in [-0.05, 0) is 30.3 Å². The molecular formula is C23H12Cl2F2O5. The molecule has 0 unspecified atom stereocenters. The van der Waals surface area contributed by atoms with E-state index in [0.29, 0.717) is 0 Å². The quantitative estimate of drug-likeness (QED) is 0.344. The molecule has 0 saturated carbocycles. The first-order chi connectivity index (χ1) is 15.3. The summed E-state index contributed by atoms with van der Waals surface area (Å²) in [5.74, 6) is -1.99. The Morgan fingerprint density at radius 3 is 2.28 bits per heavy atom. The van der Waals surface area contributed by atoms with Crippen molar-refractivity contribution in [2.45, 2.75) is 13.2 Å². The van der Waals surface area contributed by atoms with Crippen LogP contribution in [0.4, 0.5) is 8.78 Å². The highest BCUT2D eigenvalue weighted by atomic mass is 35.5. The SMILES string of the molecule is O=C(OCc1cc(Cl)ccc1OC(F)F)c1ccc2c(c1Cl)C(=O)c1ccccc1C2=O. The molecule has 0 aromatic heterocycles. The second-order valence-corrected chi connectivity index (χ2v) is 7.57. The van der Waals surface area contributed by atoms with Gasteiger partial charge in [0, 0.05) is 27.3 Å². The predicted molar refractivity (Wildman–Crippen MR) is 112 cm³/mol. The number of carbonyl (C=O) groups excluding carboxylic acids is 3. The molecule has 9 heteroatoms. The third-order valence-corrected chi connectivity index (χ3v) is 5.47. The van der Waals surface area contributed by atoms with Crippen molar-refractivity contribution in [1.82, 2.24) is 0 Å². The zero-order valence-corrected chi connectivity index (χ0v) is 17.5. The van der Waals surface area contributed by atoms with Crippen LogP contribution in [0.5, 0.6) is 5.75 Å². The Balaban J connectivity index is 1.63. The van der Waals surface area contributed by atoms with Gasteiger partial charge in [0.2, 0.25) is 0 Å². The van der Waals surface area contributed by atoms with Crippen molar-refractivity contribution in [3.05, 3.63) is 98.0 Å². The predicted octanol–water partition coefficient (Wildman–Crippen LogP) is 5.73. The standard InChI is InChI=1S/C23H12Cl2F2O5/c24-12-5-8-17(32-23(26)27)11(9-12)10-31-22(30)16-7-6-15-18(19(16)25)21(29)14-4-2-1-3-13(14)20(15)28/h1-9,23H,10H2. The van der Waals surface area contributed by atoms with Crippen molar-refractivity contribution in [2.75, 3.05) is 0 Å². The molecule has 1 aliphatic carbocycles. The Hall–Kier alpha value is -3.29. The molecule has 0 heterocycles. The summed E-state index contributed by atoms with van der Waals surface area (Å²) < 4.78 is 34.8. The van der Waals surface area contributed by atoms with E-state index < -0.39 is 25.0 Å². The summed E-state index contributed by atoms with van der Waals surface area (Å²) in [6.45, 7) is -3.52. The van der Waals surface area contributed by atoms with E-state index in [9.17, 15) is 23.2 Å². The van der Waals surface area contributed by atoms with Crippen LogP contribution < -0.4 is 4.74 Å². The molecule has 0 spiro atoms. The van der Waals surface area contributed by atoms with Crippen LogP contribution in [0.3, 0.4) is 0 Å². The average molecular weight is 477 g/mol. The number of rotatable bonds is 5. The molecule has 0 saturated heterocycles. The molecule has 0 aliphatic heterocycles. The summed E-state index contributed by atoms with van der Waals surface area (Å²) in [6, 6.07) is 12.8. The monoisotopic (exact) mass is 476 g/mol. The first-order valence-corrected chi connectivity index (χ1v) is 9.94. The maximum Gasteiger partial charge on any atom is 0.387 e. The fraction of sp³-hybridized carbons (Fsp3) is 0.0870. The van der Waals surface area contributed by atoms with Gasteiger partial charge in [-0.25, -0.2) is 4.79 Å². The Morgan fingerprint density at radius 1 is 0.906 bits per heavy atom.